The molecule has 1 saturated heterocycles. The Morgan fingerprint density at radius 2 is 1.97 bits per heavy atom. The van der Waals surface area contributed by atoms with E-state index in [2.05, 4.69) is 9.97 Å². The minimum absolute atomic E-state index is 0.113. The minimum Gasteiger partial charge on any atom is -0.387 e. The molecule has 0 radical (unpaired) electrons. The Morgan fingerprint density at radius 1 is 1.23 bits per heavy atom. The van der Waals surface area contributed by atoms with Crippen LogP contribution in [-0.2, 0) is 10.5 Å². The molecule has 9 heteroatoms. The first-order chi connectivity index (χ1) is 14.8. The van der Waals surface area contributed by atoms with E-state index >= 15 is 0 Å². The van der Waals surface area contributed by atoms with Gasteiger partial charge < -0.3 is 20.7 Å². The molecule has 0 bridgehead atoms. The number of aliphatic hydroxyl groups is 2. The monoisotopic (exact) mass is 427 g/mol. The zero-order valence-corrected chi connectivity index (χ0v) is 16.3. The van der Waals surface area contributed by atoms with Gasteiger partial charge in [-0.15, -0.1) is 0 Å². The molecule has 4 N–H and O–H groups in total. The topological polar surface area (TPSA) is 119 Å². The number of aromatic nitrogens is 2. The summed E-state index contributed by atoms with van der Waals surface area (Å²) in [6.45, 7) is 0.113. The maximum Gasteiger partial charge on any atom is 0.267 e. The second kappa shape index (κ2) is 8.10. The zero-order valence-electron chi connectivity index (χ0n) is 16.3. The Labute approximate surface area is 176 Å². The van der Waals surface area contributed by atoms with E-state index in [1.165, 1.54) is 24.5 Å². The average molecular weight is 427 g/mol. The summed E-state index contributed by atoms with van der Waals surface area (Å²) in [6, 6.07) is 7.86. The molecule has 1 amide bonds. The van der Waals surface area contributed by atoms with Crippen LogP contribution in [0.15, 0.2) is 48.8 Å². The highest BCUT2D eigenvalue weighted by Crippen LogP contribution is 2.42. The van der Waals surface area contributed by atoms with Gasteiger partial charge in [-0.1, -0.05) is 12.1 Å². The average Bonchev–Trinajstić information content (AvgIpc) is 2.75. The number of halogens is 2. The highest BCUT2D eigenvalue weighted by Gasteiger charge is 2.46. The molecular formula is C22H19F2N3O4. The number of carbonyl (C=O) groups excluding carboxylic acids is 1. The van der Waals surface area contributed by atoms with E-state index in [9.17, 15) is 23.8 Å². The Morgan fingerprint density at radius 3 is 2.58 bits per heavy atom. The molecule has 3 aromatic rings. The van der Waals surface area contributed by atoms with Crippen LogP contribution in [0.1, 0.15) is 28.9 Å². The summed E-state index contributed by atoms with van der Waals surface area (Å²) in [7, 11) is 0. The number of hydrogen-bond donors (Lipinski definition) is 3. The lowest BCUT2D eigenvalue weighted by atomic mass is 9.86. The van der Waals surface area contributed by atoms with Crippen LogP contribution in [0, 0.1) is 11.6 Å². The van der Waals surface area contributed by atoms with Crippen molar-refractivity contribution in [3.63, 3.8) is 0 Å². The van der Waals surface area contributed by atoms with Crippen LogP contribution in [0.5, 0.6) is 0 Å². The van der Waals surface area contributed by atoms with Crippen LogP contribution in [0.4, 0.5) is 8.78 Å². The fourth-order valence-corrected chi connectivity index (χ4v) is 3.74. The van der Waals surface area contributed by atoms with Crippen LogP contribution < -0.4 is 5.73 Å². The minimum atomic E-state index is -2.30. The molecule has 1 aliphatic rings. The molecule has 1 aliphatic heterocycles. The van der Waals surface area contributed by atoms with E-state index < -0.39 is 40.7 Å². The van der Waals surface area contributed by atoms with E-state index in [1.807, 2.05) is 0 Å². The summed E-state index contributed by atoms with van der Waals surface area (Å²) in [4.78, 5) is 20.5. The molecule has 2 atom stereocenters. The Balaban J connectivity index is 2.08. The van der Waals surface area contributed by atoms with Crippen LogP contribution in [0.3, 0.4) is 0 Å². The van der Waals surface area contributed by atoms with Gasteiger partial charge in [0.25, 0.3) is 5.91 Å². The second-order valence-corrected chi connectivity index (χ2v) is 7.18. The molecule has 3 heterocycles. The Bertz CT molecular complexity index is 1120. The Kier molecular flexibility index (Phi) is 5.48. The maximum absolute atomic E-state index is 14.5. The third kappa shape index (κ3) is 3.67. The van der Waals surface area contributed by atoms with Crippen LogP contribution >= 0.6 is 0 Å². The normalized spacial score (nSPS) is 21.1. The summed E-state index contributed by atoms with van der Waals surface area (Å²) in [5, 5.41) is 21.8. The molecule has 1 fully saturated rings. The van der Waals surface area contributed by atoms with Gasteiger partial charge in [-0.3, -0.25) is 9.78 Å². The number of nitrogens with two attached hydrogens (primary N) is 1. The predicted octanol–water partition coefficient (Wildman–Crippen LogP) is 2.50. The van der Waals surface area contributed by atoms with Gasteiger partial charge in [-0.05, 0) is 42.7 Å². The quantitative estimate of drug-likeness (QED) is 0.589. The molecular weight excluding hydrogens is 408 g/mol. The highest BCUT2D eigenvalue weighted by molar-refractivity contribution is 5.96. The third-order valence-electron chi connectivity index (χ3n) is 5.20. The molecule has 31 heavy (non-hydrogen) atoms. The summed E-state index contributed by atoms with van der Waals surface area (Å²) < 4.78 is 34.4. The van der Waals surface area contributed by atoms with Gasteiger partial charge in [0.15, 0.2) is 0 Å². The summed E-state index contributed by atoms with van der Waals surface area (Å²) in [5.41, 5.74) is 4.78. The fraction of sp³-hybridized carbons (Fsp3) is 0.227. The van der Waals surface area contributed by atoms with Crippen molar-refractivity contribution in [2.75, 3.05) is 6.61 Å². The van der Waals surface area contributed by atoms with Crippen molar-refractivity contribution < 1.29 is 28.5 Å². The van der Waals surface area contributed by atoms with E-state index in [-0.39, 0.29) is 29.8 Å². The molecule has 4 rings (SSSR count). The maximum atomic E-state index is 14.5. The number of nitrogens with zero attached hydrogens (tertiary/aromatic N) is 2. The summed E-state index contributed by atoms with van der Waals surface area (Å²) in [5.74, 6) is -5.14. The van der Waals surface area contributed by atoms with E-state index in [4.69, 9.17) is 10.5 Å². The fourth-order valence-electron chi connectivity index (χ4n) is 3.74. The number of amides is 1. The second-order valence-electron chi connectivity index (χ2n) is 7.18. The smallest absolute Gasteiger partial charge is 0.267 e. The van der Waals surface area contributed by atoms with Gasteiger partial charge >= 0.3 is 0 Å². The molecule has 1 aromatic carbocycles. The molecule has 0 aliphatic carbocycles. The van der Waals surface area contributed by atoms with E-state index in [0.29, 0.717) is 12.0 Å². The van der Waals surface area contributed by atoms with Crippen molar-refractivity contribution >= 4 is 5.91 Å². The van der Waals surface area contributed by atoms with Gasteiger partial charge in [-0.2, -0.15) is 0 Å². The molecule has 0 spiro atoms. The first-order valence-electron chi connectivity index (χ1n) is 9.57. The number of ether oxygens (including phenoxy) is 1. The van der Waals surface area contributed by atoms with Gasteiger partial charge in [-0.25, -0.2) is 13.8 Å². The number of benzene rings is 1. The highest BCUT2D eigenvalue weighted by atomic mass is 19.1. The number of hydrogen-bond acceptors (Lipinski definition) is 6. The summed E-state index contributed by atoms with van der Waals surface area (Å²) >= 11 is 0. The first kappa shape index (κ1) is 21.0. The van der Waals surface area contributed by atoms with Crippen molar-refractivity contribution in [1.29, 1.82) is 0 Å². The molecule has 2 unspecified atom stereocenters. The van der Waals surface area contributed by atoms with E-state index in [0.717, 1.165) is 12.1 Å². The van der Waals surface area contributed by atoms with Crippen molar-refractivity contribution in [3.05, 3.63) is 71.7 Å². The molecule has 160 valence electrons. The number of primary amides is 1. The lowest BCUT2D eigenvalue weighted by Crippen LogP contribution is -2.47. The van der Waals surface area contributed by atoms with Crippen molar-refractivity contribution in [3.8, 4) is 22.4 Å². The van der Waals surface area contributed by atoms with Crippen molar-refractivity contribution in [2.45, 2.75) is 24.7 Å². The molecule has 7 nitrogen and oxygen atoms in total. The van der Waals surface area contributed by atoms with Gasteiger partial charge in [0.05, 0.1) is 23.4 Å². The lowest BCUT2D eigenvalue weighted by Gasteiger charge is -2.38. The number of carbonyl (C=O) groups is 1. The standard InChI is InChI=1S/C22H19F2N3O4/c23-14-5-1-6-15(24)18(14)16-10-13(12-4-2-8-26-11-12)19(20(27-16)21(25)29)22(30)17(28)7-3-9-31-22/h1-2,4-6,8,10-11,17,28,30H,3,7,9H2,(H2,25,29). The third-order valence-corrected chi connectivity index (χ3v) is 5.20. The largest absolute Gasteiger partial charge is 0.387 e. The van der Waals surface area contributed by atoms with Crippen LogP contribution in [0.25, 0.3) is 22.4 Å². The van der Waals surface area contributed by atoms with E-state index in [1.54, 1.807) is 12.1 Å². The summed E-state index contributed by atoms with van der Waals surface area (Å²) in [6.07, 6.45) is 2.25. The van der Waals surface area contributed by atoms with Gasteiger partial charge in [0.2, 0.25) is 5.79 Å². The van der Waals surface area contributed by atoms with Crippen LogP contribution in [0.2, 0.25) is 0 Å². The lowest BCUT2D eigenvalue weighted by molar-refractivity contribution is -0.285. The van der Waals surface area contributed by atoms with Gasteiger partial charge in [0.1, 0.15) is 23.4 Å². The number of rotatable bonds is 4. The number of aliphatic hydroxyl groups excluding tert-OH is 1. The SMILES string of the molecule is NC(=O)c1nc(-c2c(F)cccc2F)cc(-c2cccnc2)c1C1(O)OCCCC1O. The number of pyridine rings is 2. The molecule has 2 aromatic heterocycles. The van der Waals surface area contributed by atoms with Crippen molar-refractivity contribution in [2.24, 2.45) is 5.73 Å². The van der Waals surface area contributed by atoms with Gasteiger partial charge in [0, 0.05) is 18.0 Å². The Hall–Kier alpha value is -3.27. The van der Waals surface area contributed by atoms with Crippen LogP contribution in [-0.4, -0.2) is 38.8 Å². The van der Waals surface area contributed by atoms with Crippen molar-refractivity contribution in [1.82, 2.24) is 9.97 Å². The zero-order chi connectivity index (χ0) is 22.2. The predicted molar refractivity (Wildman–Crippen MR) is 106 cm³/mol. The molecule has 0 saturated carbocycles. The first-order valence-corrected chi connectivity index (χ1v) is 9.57.